The highest BCUT2D eigenvalue weighted by molar-refractivity contribution is 4.84. The largest absolute Gasteiger partial charge is 0.396 e. The SMILES string of the molecule is CCCCCCCCCCCCCCCC(N)(CCO)CCCN(CCO)CCO. The third-order valence-corrected chi connectivity index (χ3v) is 6.37. The van der Waals surface area contributed by atoms with Gasteiger partial charge in [-0.05, 0) is 32.2 Å². The van der Waals surface area contributed by atoms with E-state index in [9.17, 15) is 5.11 Å². The number of hydrogen-bond acceptors (Lipinski definition) is 5. The van der Waals surface area contributed by atoms with Crippen molar-refractivity contribution < 1.29 is 15.3 Å². The second-order valence-corrected chi connectivity index (χ2v) is 9.22. The summed E-state index contributed by atoms with van der Waals surface area (Å²) in [4.78, 5) is 2.07. The Morgan fingerprint density at radius 2 is 0.967 bits per heavy atom. The maximum atomic E-state index is 9.43. The average Bonchev–Trinajstić information content (AvgIpc) is 2.72. The summed E-state index contributed by atoms with van der Waals surface area (Å²) in [6.45, 7) is 4.67. The van der Waals surface area contributed by atoms with Crippen molar-refractivity contribution in [3.63, 3.8) is 0 Å². The van der Waals surface area contributed by atoms with Gasteiger partial charge in [0, 0.05) is 25.2 Å². The molecule has 5 N–H and O–H groups in total. The van der Waals surface area contributed by atoms with Crippen molar-refractivity contribution in [1.29, 1.82) is 0 Å². The van der Waals surface area contributed by atoms with Crippen LogP contribution in [0.2, 0.25) is 0 Å². The lowest BCUT2D eigenvalue weighted by Gasteiger charge is -2.30. The summed E-state index contributed by atoms with van der Waals surface area (Å²) in [7, 11) is 0. The number of aliphatic hydroxyl groups is 3. The summed E-state index contributed by atoms with van der Waals surface area (Å²) in [6.07, 6.45) is 21.0. The molecule has 5 nitrogen and oxygen atoms in total. The van der Waals surface area contributed by atoms with Crippen molar-refractivity contribution in [1.82, 2.24) is 4.90 Å². The minimum absolute atomic E-state index is 0.114. The molecular weight excluding hydrogens is 376 g/mol. The van der Waals surface area contributed by atoms with Crippen molar-refractivity contribution >= 4 is 0 Å². The molecule has 5 heteroatoms. The highest BCUT2D eigenvalue weighted by Gasteiger charge is 2.23. The van der Waals surface area contributed by atoms with Gasteiger partial charge in [-0.15, -0.1) is 0 Å². The minimum Gasteiger partial charge on any atom is -0.396 e. The molecule has 0 saturated carbocycles. The normalized spacial score (nSPS) is 13.8. The molecule has 0 amide bonds. The van der Waals surface area contributed by atoms with E-state index in [1.807, 2.05) is 0 Å². The molecule has 182 valence electrons. The molecular formula is C25H54N2O3. The van der Waals surface area contributed by atoms with Gasteiger partial charge in [-0.3, -0.25) is 4.90 Å². The first-order valence-corrected chi connectivity index (χ1v) is 13.0. The van der Waals surface area contributed by atoms with Crippen LogP contribution in [0.5, 0.6) is 0 Å². The first-order valence-electron chi connectivity index (χ1n) is 13.0. The van der Waals surface area contributed by atoms with Crippen LogP contribution in [0.3, 0.4) is 0 Å². The molecule has 1 unspecified atom stereocenters. The Labute approximate surface area is 187 Å². The molecule has 0 aromatic heterocycles. The lowest BCUT2D eigenvalue weighted by molar-refractivity contribution is 0.152. The zero-order valence-corrected chi connectivity index (χ0v) is 20.1. The average molecular weight is 431 g/mol. The van der Waals surface area contributed by atoms with Crippen molar-refractivity contribution in [2.75, 3.05) is 39.5 Å². The van der Waals surface area contributed by atoms with Crippen LogP contribution in [0.4, 0.5) is 0 Å². The summed E-state index contributed by atoms with van der Waals surface area (Å²) in [5, 5.41) is 27.7. The molecule has 0 spiro atoms. The van der Waals surface area contributed by atoms with Gasteiger partial charge in [0.2, 0.25) is 0 Å². The molecule has 1 atom stereocenters. The maximum absolute atomic E-state index is 9.43. The van der Waals surface area contributed by atoms with E-state index in [4.69, 9.17) is 15.9 Å². The lowest BCUT2D eigenvalue weighted by Crippen LogP contribution is -2.42. The molecule has 0 bridgehead atoms. The fourth-order valence-corrected chi connectivity index (χ4v) is 4.37. The zero-order chi connectivity index (χ0) is 22.3. The fraction of sp³-hybridized carbons (Fsp3) is 1.00. The third-order valence-electron chi connectivity index (χ3n) is 6.37. The zero-order valence-electron chi connectivity index (χ0n) is 20.1. The first kappa shape index (κ1) is 29.8. The molecule has 0 rings (SSSR count). The van der Waals surface area contributed by atoms with Crippen LogP contribution >= 0.6 is 0 Å². The quantitative estimate of drug-likeness (QED) is 0.168. The smallest absolute Gasteiger partial charge is 0.0558 e. The fourth-order valence-electron chi connectivity index (χ4n) is 4.37. The van der Waals surface area contributed by atoms with Crippen LogP contribution in [0.15, 0.2) is 0 Å². The highest BCUT2D eigenvalue weighted by atomic mass is 16.3. The highest BCUT2D eigenvalue weighted by Crippen LogP contribution is 2.23. The standard InChI is InChI=1S/C25H54N2O3/c1-2-3-4-5-6-7-8-9-10-11-12-13-14-16-25(26,18-22-28)17-15-19-27(20-23-29)21-24-30/h28-30H,2-24,26H2,1H3. The van der Waals surface area contributed by atoms with E-state index < -0.39 is 0 Å². The molecule has 0 aliphatic rings. The van der Waals surface area contributed by atoms with Gasteiger partial charge in [0.15, 0.2) is 0 Å². The number of hydrogen-bond donors (Lipinski definition) is 4. The van der Waals surface area contributed by atoms with Gasteiger partial charge < -0.3 is 21.1 Å². The van der Waals surface area contributed by atoms with Crippen molar-refractivity contribution in [3.05, 3.63) is 0 Å². The van der Waals surface area contributed by atoms with Crippen molar-refractivity contribution in [3.8, 4) is 0 Å². The maximum Gasteiger partial charge on any atom is 0.0558 e. The number of rotatable bonds is 24. The topological polar surface area (TPSA) is 90.0 Å². The van der Waals surface area contributed by atoms with Crippen LogP contribution in [0, 0.1) is 0 Å². The van der Waals surface area contributed by atoms with E-state index >= 15 is 0 Å². The predicted molar refractivity (Wildman–Crippen MR) is 129 cm³/mol. The Balaban J connectivity index is 3.76. The molecule has 0 fully saturated rings. The first-order chi connectivity index (χ1) is 14.6. The second kappa shape index (κ2) is 22.0. The van der Waals surface area contributed by atoms with E-state index in [-0.39, 0.29) is 25.4 Å². The number of unbranched alkanes of at least 4 members (excludes halogenated alkanes) is 12. The molecule has 0 aromatic carbocycles. The molecule has 0 aromatic rings. The predicted octanol–water partition coefficient (Wildman–Crippen LogP) is 4.61. The summed E-state index contributed by atoms with van der Waals surface area (Å²) in [5.41, 5.74) is 6.32. The number of nitrogens with two attached hydrogens (primary N) is 1. The molecule has 0 aliphatic carbocycles. The minimum atomic E-state index is -0.281. The molecule has 0 heterocycles. The molecule has 0 radical (unpaired) electrons. The summed E-state index contributed by atoms with van der Waals surface area (Å²) in [6, 6.07) is 0. The van der Waals surface area contributed by atoms with Gasteiger partial charge in [0.25, 0.3) is 0 Å². The second-order valence-electron chi connectivity index (χ2n) is 9.22. The molecule has 0 saturated heterocycles. The lowest BCUT2D eigenvalue weighted by atomic mass is 9.85. The van der Waals surface area contributed by atoms with E-state index in [2.05, 4.69) is 11.8 Å². The monoisotopic (exact) mass is 430 g/mol. The Morgan fingerprint density at radius 3 is 1.40 bits per heavy atom. The van der Waals surface area contributed by atoms with Gasteiger partial charge in [0.1, 0.15) is 0 Å². The summed E-state index contributed by atoms with van der Waals surface area (Å²) in [5.74, 6) is 0. The van der Waals surface area contributed by atoms with E-state index in [1.54, 1.807) is 0 Å². The Hall–Kier alpha value is -0.200. The summed E-state index contributed by atoms with van der Waals surface area (Å²) < 4.78 is 0. The van der Waals surface area contributed by atoms with Gasteiger partial charge in [-0.1, -0.05) is 90.4 Å². The Morgan fingerprint density at radius 1 is 0.533 bits per heavy atom. The molecule has 30 heavy (non-hydrogen) atoms. The van der Waals surface area contributed by atoms with E-state index in [0.29, 0.717) is 19.5 Å². The number of aliphatic hydroxyl groups excluding tert-OH is 3. The van der Waals surface area contributed by atoms with Gasteiger partial charge in [0.05, 0.1) is 13.2 Å². The molecule has 0 aliphatic heterocycles. The summed E-state index contributed by atoms with van der Waals surface area (Å²) >= 11 is 0. The van der Waals surface area contributed by atoms with E-state index in [1.165, 1.54) is 77.0 Å². The van der Waals surface area contributed by atoms with E-state index in [0.717, 1.165) is 32.2 Å². The van der Waals surface area contributed by atoms with Gasteiger partial charge >= 0.3 is 0 Å². The Kier molecular flexibility index (Phi) is 21.9. The van der Waals surface area contributed by atoms with Crippen LogP contribution < -0.4 is 5.73 Å². The van der Waals surface area contributed by atoms with Crippen molar-refractivity contribution in [2.24, 2.45) is 5.73 Å². The Bertz CT molecular complexity index is 338. The van der Waals surface area contributed by atoms with Crippen LogP contribution in [-0.4, -0.2) is 65.2 Å². The van der Waals surface area contributed by atoms with Crippen LogP contribution in [0.25, 0.3) is 0 Å². The number of nitrogens with zero attached hydrogens (tertiary/aromatic N) is 1. The van der Waals surface area contributed by atoms with Crippen LogP contribution in [-0.2, 0) is 0 Å². The van der Waals surface area contributed by atoms with Gasteiger partial charge in [-0.25, -0.2) is 0 Å². The third kappa shape index (κ3) is 18.6. The van der Waals surface area contributed by atoms with Crippen molar-refractivity contribution in [2.45, 2.75) is 122 Å². The van der Waals surface area contributed by atoms with Gasteiger partial charge in [-0.2, -0.15) is 0 Å². The van der Waals surface area contributed by atoms with Crippen LogP contribution in [0.1, 0.15) is 116 Å².